The van der Waals surface area contributed by atoms with Crippen molar-refractivity contribution in [3.8, 4) is 11.5 Å². The number of rotatable bonds is 7. The molecule has 0 bridgehead atoms. The fraction of sp³-hybridized carbons (Fsp3) is 0.200. The molecule has 1 N–H and O–H groups in total. The van der Waals surface area contributed by atoms with E-state index in [1.54, 1.807) is 0 Å². The zero-order valence-electron chi connectivity index (χ0n) is 18.3. The second-order valence-electron chi connectivity index (χ2n) is 7.08. The van der Waals surface area contributed by atoms with Crippen LogP contribution in [0.1, 0.15) is 17.0 Å². The number of carbonyl (C=O) groups is 1. The van der Waals surface area contributed by atoms with Crippen LogP contribution in [0.4, 0.5) is 0 Å². The van der Waals surface area contributed by atoms with E-state index in [4.69, 9.17) is 37.5 Å². The number of hydrogen-bond donors (Lipinski definition) is 1. The Hall–Kier alpha value is -3.22. The van der Waals surface area contributed by atoms with Crippen LogP contribution in [0.2, 0.25) is 0 Å². The molecule has 0 aliphatic carbocycles. The minimum absolute atomic E-state index is 0.0930. The number of fused-ring (bicyclic) bond motifs is 1. The first-order valence-electron chi connectivity index (χ1n) is 10.2. The summed E-state index contributed by atoms with van der Waals surface area (Å²) in [5.74, 6) is 0.292. The molecule has 0 aliphatic heterocycles. The molecular formula is C25H24Cl2N2O4. The van der Waals surface area contributed by atoms with Gasteiger partial charge in [0.05, 0.1) is 18.1 Å². The molecule has 0 radical (unpaired) electrons. The van der Waals surface area contributed by atoms with E-state index in [9.17, 15) is 4.79 Å². The number of aliphatic carboxylic acids is 1. The maximum absolute atomic E-state index is 11.1. The summed E-state index contributed by atoms with van der Waals surface area (Å²) >= 11 is 9.53. The number of alkyl halides is 2. The van der Waals surface area contributed by atoms with Crippen molar-refractivity contribution >= 4 is 46.2 Å². The highest BCUT2D eigenvalue weighted by Gasteiger charge is 2.12. The smallest absolute Gasteiger partial charge is 0.371 e. The first-order valence-corrected chi connectivity index (χ1v) is 11.2. The van der Waals surface area contributed by atoms with E-state index < -0.39 is 5.97 Å². The highest BCUT2D eigenvalue weighted by molar-refractivity contribution is 6.40. The summed E-state index contributed by atoms with van der Waals surface area (Å²) in [5.41, 5.74) is 3.77. The average Bonchev–Trinajstić information content (AvgIpc) is 3.39. The van der Waals surface area contributed by atoms with Gasteiger partial charge in [0.25, 0.3) is 0 Å². The number of aromatic nitrogens is 2. The van der Waals surface area contributed by atoms with Crippen LogP contribution in [0.3, 0.4) is 0 Å². The van der Waals surface area contributed by atoms with Crippen molar-refractivity contribution in [2.24, 2.45) is 0 Å². The number of carboxylic acid groups (broad SMARTS) is 1. The number of ether oxygens (including phenoxy) is 1. The number of benzene rings is 2. The molecule has 0 aliphatic rings. The third-order valence-electron chi connectivity index (χ3n) is 5.03. The van der Waals surface area contributed by atoms with Gasteiger partial charge in [-0.1, -0.05) is 24.3 Å². The van der Waals surface area contributed by atoms with E-state index in [-0.39, 0.29) is 11.1 Å². The van der Waals surface area contributed by atoms with Gasteiger partial charge < -0.3 is 18.8 Å². The fourth-order valence-electron chi connectivity index (χ4n) is 3.45. The largest absolute Gasteiger partial charge is 0.490 e. The molecule has 0 spiro atoms. The molecule has 4 aromatic rings. The van der Waals surface area contributed by atoms with E-state index in [1.807, 2.05) is 67.7 Å². The molecule has 0 atom stereocenters. The van der Waals surface area contributed by atoms with Crippen LogP contribution in [0.25, 0.3) is 28.4 Å². The number of methoxy groups -OCH3 is 1. The minimum atomic E-state index is -1.09. The Bertz CT molecular complexity index is 1250. The molecule has 8 heteroatoms. The van der Waals surface area contributed by atoms with Gasteiger partial charge in [0.15, 0.2) is 0 Å². The second kappa shape index (κ2) is 11.6. The Morgan fingerprint density at radius 1 is 1.18 bits per heavy atom. The zero-order valence-corrected chi connectivity index (χ0v) is 19.8. The van der Waals surface area contributed by atoms with Crippen LogP contribution >= 0.6 is 23.2 Å². The Labute approximate surface area is 202 Å². The Morgan fingerprint density at radius 3 is 2.58 bits per heavy atom. The number of hydrogen-bond acceptors (Lipinski definition) is 4. The van der Waals surface area contributed by atoms with Crippen molar-refractivity contribution in [3.63, 3.8) is 0 Å². The third-order valence-corrected chi connectivity index (χ3v) is 5.03. The lowest BCUT2D eigenvalue weighted by molar-refractivity contribution is -0.135. The van der Waals surface area contributed by atoms with Crippen molar-refractivity contribution in [1.82, 2.24) is 9.55 Å². The van der Waals surface area contributed by atoms with Crippen molar-refractivity contribution < 1.29 is 19.1 Å². The summed E-state index contributed by atoms with van der Waals surface area (Å²) in [4.78, 5) is 15.8. The molecule has 0 saturated carbocycles. The standard InChI is InChI=1S/C24H22N2O4.CH2Cl2/c1-16-20(25-23(30-16)18-6-4-3-5-7-18)11-13-26-12-10-19-14-17(8-9-21(19)26)15-22(29-2)24(27)28;2-1-3/h3-10,12,14-15H,11,13H2,1-2H3,(H,27,28);1H2/b22-15-;. The van der Waals surface area contributed by atoms with Crippen molar-refractivity contribution in [2.45, 2.75) is 19.9 Å². The Morgan fingerprint density at radius 2 is 1.91 bits per heavy atom. The Kier molecular flexibility index (Phi) is 8.58. The molecule has 33 heavy (non-hydrogen) atoms. The summed E-state index contributed by atoms with van der Waals surface area (Å²) < 4.78 is 12.9. The molecule has 0 amide bonds. The van der Waals surface area contributed by atoms with Crippen LogP contribution in [-0.4, -0.2) is 33.1 Å². The number of aryl methyl sites for hydroxylation is 3. The quantitative estimate of drug-likeness (QED) is 0.187. The summed E-state index contributed by atoms with van der Waals surface area (Å²) in [6.45, 7) is 2.70. The monoisotopic (exact) mass is 486 g/mol. The van der Waals surface area contributed by atoms with Gasteiger partial charge >= 0.3 is 5.97 Å². The molecular weight excluding hydrogens is 463 g/mol. The highest BCUT2D eigenvalue weighted by Crippen LogP contribution is 2.23. The third kappa shape index (κ3) is 6.18. The lowest BCUT2D eigenvalue weighted by atomic mass is 10.1. The van der Waals surface area contributed by atoms with E-state index >= 15 is 0 Å². The highest BCUT2D eigenvalue weighted by atomic mass is 35.5. The van der Waals surface area contributed by atoms with Gasteiger partial charge in [0.1, 0.15) is 5.76 Å². The SMILES string of the molecule is CO/C(=C\c1ccc2c(ccn2CCc2nc(-c3ccccc3)oc2C)c1)C(=O)O.ClCCl. The van der Waals surface area contributed by atoms with Crippen molar-refractivity contribution in [1.29, 1.82) is 0 Å². The van der Waals surface area contributed by atoms with Crippen LogP contribution in [0.5, 0.6) is 0 Å². The number of nitrogens with zero attached hydrogens (tertiary/aromatic N) is 2. The fourth-order valence-corrected chi connectivity index (χ4v) is 3.45. The normalized spacial score (nSPS) is 11.2. The predicted octanol–water partition coefficient (Wildman–Crippen LogP) is 6.34. The van der Waals surface area contributed by atoms with Crippen LogP contribution in [0.15, 0.2) is 71.0 Å². The first kappa shape index (κ1) is 24.4. The first-order chi connectivity index (χ1) is 16.0. The van der Waals surface area contributed by atoms with Gasteiger partial charge in [-0.15, -0.1) is 23.2 Å². The second-order valence-corrected chi connectivity index (χ2v) is 7.89. The van der Waals surface area contributed by atoms with Crippen molar-refractivity contribution in [2.75, 3.05) is 12.4 Å². The predicted molar refractivity (Wildman–Crippen MR) is 132 cm³/mol. The minimum Gasteiger partial charge on any atom is -0.490 e. The lowest BCUT2D eigenvalue weighted by Gasteiger charge is -2.05. The molecule has 2 aromatic carbocycles. The zero-order chi connectivity index (χ0) is 23.8. The van der Waals surface area contributed by atoms with Crippen LogP contribution in [-0.2, 0) is 22.5 Å². The molecule has 0 unspecified atom stereocenters. The maximum Gasteiger partial charge on any atom is 0.371 e. The van der Waals surface area contributed by atoms with E-state index in [2.05, 4.69) is 9.55 Å². The van der Waals surface area contributed by atoms with Crippen LogP contribution < -0.4 is 0 Å². The summed E-state index contributed by atoms with van der Waals surface area (Å²) in [7, 11) is 1.35. The average molecular weight is 487 g/mol. The van der Waals surface area contributed by atoms with Gasteiger partial charge in [0, 0.05) is 35.6 Å². The van der Waals surface area contributed by atoms with Gasteiger partial charge in [-0.3, -0.25) is 0 Å². The molecule has 0 saturated heterocycles. The molecule has 4 rings (SSSR count). The van der Waals surface area contributed by atoms with E-state index in [1.165, 1.54) is 13.2 Å². The summed E-state index contributed by atoms with van der Waals surface area (Å²) in [6, 6.07) is 17.7. The number of carboxylic acids is 1. The van der Waals surface area contributed by atoms with Gasteiger partial charge in [0.2, 0.25) is 11.6 Å². The van der Waals surface area contributed by atoms with E-state index in [0.29, 0.717) is 5.89 Å². The van der Waals surface area contributed by atoms with Gasteiger partial charge in [-0.25, -0.2) is 9.78 Å². The lowest BCUT2D eigenvalue weighted by Crippen LogP contribution is -2.02. The number of oxazole rings is 1. The molecule has 2 aromatic heterocycles. The van der Waals surface area contributed by atoms with Gasteiger partial charge in [-0.2, -0.15) is 0 Å². The van der Waals surface area contributed by atoms with Gasteiger partial charge in [-0.05, 0) is 48.9 Å². The number of halogens is 2. The Balaban J connectivity index is 0.000000968. The summed E-state index contributed by atoms with van der Waals surface area (Å²) in [6.07, 6.45) is 4.30. The molecule has 172 valence electrons. The molecule has 6 nitrogen and oxygen atoms in total. The van der Waals surface area contributed by atoms with E-state index in [0.717, 1.165) is 46.4 Å². The molecule has 0 fully saturated rings. The van der Waals surface area contributed by atoms with Crippen molar-refractivity contribution in [3.05, 3.63) is 83.6 Å². The summed E-state index contributed by atoms with van der Waals surface area (Å²) in [5, 5.41) is 10.3. The topological polar surface area (TPSA) is 77.5 Å². The van der Waals surface area contributed by atoms with Crippen LogP contribution in [0, 0.1) is 6.92 Å². The molecule has 2 heterocycles. The maximum atomic E-state index is 11.1.